The molecule has 0 aliphatic heterocycles. The first-order valence-electron chi connectivity index (χ1n) is 5.28. The second kappa shape index (κ2) is 4.77. The van der Waals surface area contributed by atoms with Crippen molar-refractivity contribution in [3.63, 3.8) is 0 Å². The molecule has 9 nitrogen and oxygen atoms in total. The topological polar surface area (TPSA) is 135 Å². The van der Waals surface area contributed by atoms with Gasteiger partial charge < -0.3 is 5.11 Å². The van der Waals surface area contributed by atoms with Gasteiger partial charge in [0.15, 0.2) is 0 Å². The number of nitriles is 1. The average molecular weight is 273 g/mol. The summed E-state index contributed by atoms with van der Waals surface area (Å²) in [5.41, 5.74) is -0.166. The lowest BCUT2D eigenvalue weighted by molar-refractivity contribution is -0.385. The van der Waals surface area contributed by atoms with Crippen molar-refractivity contribution in [1.29, 1.82) is 5.26 Å². The van der Waals surface area contributed by atoms with E-state index in [0.29, 0.717) is 0 Å². The molecule has 0 aliphatic rings. The molecule has 20 heavy (non-hydrogen) atoms. The highest BCUT2D eigenvalue weighted by Crippen LogP contribution is 2.26. The van der Waals surface area contributed by atoms with Crippen molar-refractivity contribution >= 4 is 11.7 Å². The van der Waals surface area contributed by atoms with Crippen molar-refractivity contribution in [3.8, 4) is 11.8 Å². The second-order valence-corrected chi connectivity index (χ2v) is 3.83. The Hall–Kier alpha value is -3.28. The molecule has 1 N–H and O–H groups in total. The Bertz CT molecular complexity index is 759. The van der Waals surface area contributed by atoms with Crippen LogP contribution in [0.3, 0.4) is 0 Å². The smallest absolute Gasteiger partial charge is 0.336 e. The van der Waals surface area contributed by atoms with Crippen LogP contribution in [0.25, 0.3) is 5.69 Å². The molecule has 0 amide bonds. The summed E-state index contributed by atoms with van der Waals surface area (Å²) in [5.74, 6) is -1.41. The molecule has 0 atom stereocenters. The molecule has 0 fully saturated rings. The largest absolute Gasteiger partial charge is 0.478 e. The number of nitrogens with zero attached hydrogens (tertiary/aromatic N) is 5. The monoisotopic (exact) mass is 273 g/mol. The number of aromatic carboxylic acids is 1. The maximum atomic E-state index is 11.0. The van der Waals surface area contributed by atoms with Crippen LogP contribution in [0.1, 0.15) is 21.7 Å². The van der Waals surface area contributed by atoms with Gasteiger partial charge in [0.2, 0.25) is 0 Å². The summed E-state index contributed by atoms with van der Waals surface area (Å²) in [6.45, 7) is 1.47. The minimum Gasteiger partial charge on any atom is -0.478 e. The van der Waals surface area contributed by atoms with Gasteiger partial charge in [-0.25, -0.2) is 14.5 Å². The predicted molar refractivity (Wildman–Crippen MR) is 64.4 cm³/mol. The average Bonchev–Trinajstić information content (AvgIpc) is 2.86. The molecule has 0 saturated carbocycles. The van der Waals surface area contributed by atoms with Gasteiger partial charge in [-0.15, -0.1) is 5.10 Å². The van der Waals surface area contributed by atoms with Gasteiger partial charge in [-0.05, 0) is 13.0 Å². The number of hydrogen-bond donors (Lipinski definition) is 1. The summed E-state index contributed by atoms with van der Waals surface area (Å²) in [6.07, 6.45) is 1.19. The van der Waals surface area contributed by atoms with Crippen LogP contribution in [-0.4, -0.2) is 30.8 Å². The van der Waals surface area contributed by atoms with Gasteiger partial charge in [0.25, 0.3) is 11.5 Å². The summed E-state index contributed by atoms with van der Waals surface area (Å²) in [5, 5.41) is 32.4. The van der Waals surface area contributed by atoms with Crippen LogP contribution in [-0.2, 0) is 0 Å². The Labute approximate surface area is 111 Å². The molecule has 9 heteroatoms. The van der Waals surface area contributed by atoms with E-state index in [9.17, 15) is 14.9 Å². The van der Waals surface area contributed by atoms with E-state index in [4.69, 9.17) is 10.4 Å². The van der Waals surface area contributed by atoms with E-state index >= 15 is 0 Å². The molecule has 1 heterocycles. The summed E-state index contributed by atoms with van der Waals surface area (Å²) >= 11 is 0. The maximum absolute atomic E-state index is 11.0. The van der Waals surface area contributed by atoms with Gasteiger partial charge in [-0.2, -0.15) is 5.26 Å². The molecule has 0 radical (unpaired) electrons. The Morgan fingerprint density at radius 2 is 2.25 bits per heavy atom. The van der Waals surface area contributed by atoms with E-state index in [0.717, 1.165) is 10.7 Å². The number of carboxylic acids is 1. The van der Waals surface area contributed by atoms with Gasteiger partial charge in [0, 0.05) is 6.07 Å². The Kier molecular flexibility index (Phi) is 3.14. The maximum Gasteiger partial charge on any atom is 0.336 e. The Morgan fingerprint density at radius 1 is 1.55 bits per heavy atom. The standard InChI is InChI=1S/C11H7N5O4/c1-6-8(15-5-13-10(4-12)14-15)2-7(11(17)18)3-9(6)16(19)20/h2-3,5H,1H3,(H,17,18). The van der Waals surface area contributed by atoms with Crippen molar-refractivity contribution in [2.75, 3.05) is 0 Å². The number of hydrogen-bond acceptors (Lipinski definition) is 6. The van der Waals surface area contributed by atoms with E-state index in [2.05, 4.69) is 10.1 Å². The molecule has 0 saturated heterocycles. The molecule has 100 valence electrons. The Morgan fingerprint density at radius 3 is 2.75 bits per heavy atom. The fourth-order valence-corrected chi connectivity index (χ4v) is 1.67. The van der Waals surface area contributed by atoms with Crippen molar-refractivity contribution < 1.29 is 14.8 Å². The van der Waals surface area contributed by atoms with Gasteiger partial charge >= 0.3 is 5.97 Å². The molecule has 0 aliphatic carbocycles. The molecular formula is C11H7N5O4. The Balaban J connectivity index is 2.71. The third kappa shape index (κ3) is 2.17. The summed E-state index contributed by atoms with van der Waals surface area (Å²) in [4.78, 5) is 25.0. The zero-order valence-electron chi connectivity index (χ0n) is 10.1. The number of carboxylic acid groups (broad SMARTS) is 1. The van der Waals surface area contributed by atoms with Crippen molar-refractivity contribution in [1.82, 2.24) is 14.8 Å². The van der Waals surface area contributed by atoms with Crippen LogP contribution >= 0.6 is 0 Å². The zero-order chi connectivity index (χ0) is 14.9. The zero-order valence-corrected chi connectivity index (χ0v) is 10.1. The van der Waals surface area contributed by atoms with Gasteiger partial charge in [-0.3, -0.25) is 10.1 Å². The first kappa shape index (κ1) is 13.2. The number of carbonyl (C=O) groups is 1. The minimum atomic E-state index is -1.30. The van der Waals surface area contributed by atoms with Crippen LogP contribution in [0.4, 0.5) is 5.69 Å². The van der Waals surface area contributed by atoms with Crippen molar-refractivity contribution in [2.45, 2.75) is 6.92 Å². The van der Waals surface area contributed by atoms with Crippen LogP contribution in [0.2, 0.25) is 0 Å². The van der Waals surface area contributed by atoms with Gasteiger partial charge in [-0.1, -0.05) is 0 Å². The molecule has 0 bridgehead atoms. The predicted octanol–water partition coefficient (Wildman–Crippen LogP) is 1.05. The number of benzene rings is 1. The number of nitro groups is 1. The number of nitro benzene ring substituents is 1. The molecule has 0 spiro atoms. The molecule has 2 aromatic rings. The fraction of sp³-hybridized carbons (Fsp3) is 0.0909. The van der Waals surface area contributed by atoms with E-state index < -0.39 is 10.9 Å². The van der Waals surface area contributed by atoms with Crippen LogP contribution in [0.15, 0.2) is 18.5 Å². The number of rotatable bonds is 3. The van der Waals surface area contributed by atoms with Crippen molar-refractivity contribution in [3.05, 3.63) is 45.5 Å². The van der Waals surface area contributed by atoms with Crippen molar-refractivity contribution in [2.24, 2.45) is 0 Å². The molecule has 0 unspecified atom stereocenters. The molecule has 2 rings (SSSR count). The summed E-state index contributed by atoms with van der Waals surface area (Å²) < 4.78 is 1.13. The van der Waals surface area contributed by atoms with Gasteiger partial charge in [0.05, 0.1) is 21.7 Å². The summed E-state index contributed by atoms with van der Waals surface area (Å²) in [6, 6.07) is 3.93. The third-order valence-electron chi connectivity index (χ3n) is 2.64. The van der Waals surface area contributed by atoms with E-state index in [-0.39, 0.29) is 28.3 Å². The van der Waals surface area contributed by atoms with Crippen LogP contribution in [0.5, 0.6) is 0 Å². The lowest BCUT2D eigenvalue weighted by atomic mass is 10.1. The SMILES string of the molecule is Cc1c(-n2cnc(C#N)n2)cc(C(=O)O)cc1[N+](=O)[O-]. The fourth-order valence-electron chi connectivity index (χ4n) is 1.67. The van der Waals surface area contributed by atoms with Crippen LogP contribution < -0.4 is 0 Å². The lowest BCUT2D eigenvalue weighted by Gasteiger charge is -2.07. The molecule has 1 aromatic carbocycles. The molecule has 1 aromatic heterocycles. The quantitative estimate of drug-likeness (QED) is 0.652. The highest BCUT2D eigenvalue weighted by molar-refractivity contribution is 5.89. The van der Waals surface area contributed by atoms with E-state index in [1.165, 1.54) is 19.3 Å². The third-order valence-corrected chi connectivity index (χ3v) is 2.64. The number of aromatic nitrogens is 3. The first-order chi connectivity index (χ1) is 9.43. The highest BCUT2D eigenvalue weighted by atomic mass is 16.6. The second-order valence-electron chi connectivity index (χ2n) is 3.83. The van der Waals surface area contributed by atoms with E-state index in [1.54, 1.807) is 6.07 Å². The first-order valence-corrected chi connectivity index (χ1v) is 5.28. The summed E-state index contributed by atoms with van der Waals surface area (Å²) in [7, 11) is 0. The van der Waals surface area contributed by atoms with Crippen LogP contribution in [0, 0.1) is 28.4 Å². The van der Waals surface area contributed by atoms with E-state index in [1.807, 2.05) is 0 Å². The minimum absolute atomic E-state index is 0.118. The van der Waals surface area contributed by atoms with Gasteiger partial charge in [0.1, 0.15) is 12.4 Å². The lowest BCUT2D eigenvalue weighted by Crippen LogP contribution is -2.06. The highest BCUT2D eigenvalue weighted by Gasteiger charge is 2.20. The normalized spacial score (nSPS) is 10.0. The molecular weight excluding hydrogens is 266 g/mol.